The molecule has 0 bridgehead atoms. The van der Waals surface area contributed by atoms with Crippen molar-refractivity contribution >= 4 is 45.4 Å². The molecule has 10 nitrogen and oxygen atoms in total. The van der Waals surface area contributed by atoms with Crippen molar-refractivity contribution in [3.05, 3.63) is 24.5 Å². The number of amides is 2. The smallest absolute Gasteiger partial charge is 0.320 e. The summed E-state index contributed by atoms with van der Waals surface area (Å²) in [5, 5.41) is 22.9. The minimum atomic E-state index is -0.509. The van der Waals surface area contributed by atoms with Crippen LogP contribution in [0.25, 0.3) is 11.2 Å². The van der Waals surface area contributed by atoms with Crippen molar-refractivity contribution in [3.63, 3.8) is 0 Å². The van der Waals surface area contributed by atoms with E-state index in [0.717, 1.165) is 11.5 Å². The molecule has 0 radical (unpaired) electrons. The number of rotatable bonds is 3. The SMILES string of the molecule is CNC(=O)Nc1nc(/N=N/c2snc3nccnc23)ccc1O. The zero-order chi connectivity index (χ0) is 16.2. The Labute approximate surface area is 133 Å². The van der Waals surface area contributed by atoms with E-state index in [4.69, 9.17) is 0 Å². The highest BCUT2D eigenvalue weighted by molar-refractivity contribution is 7.11. The first kappa shape index (κ1) is 14.7. The van der Waals surface area contributed by atoms with Crippen LogP contribution in [-0.2, 0) is 0 Å². The van der Waals surface area contributed by atoms with E-state index < -0.39 is 6.03 Å². The maximum atomic E-state index is 11.3. The molecule has 0 saturated carbocycles. The summed E-state index contributed by atoms with van der Waals surface area (Å²) in [7, 11) is 1.45. The van der Waals surface area contributed by atoms with Gasteiger partial charge in [0.05, 0.1) is 0 Å². The Balaban J connectivity index is 1.87. The summed E-state index contributed by atoms with van der Waals surface area (Å²) in [5.74, 6) is 0.0102. The van der Waals surface area contributed by atoms with Gasteiger partial charge in [0.25, 0.3) is 0 Å². The lowest BCUT2D eigenvalue weighted by atomic mass is 10.4. The first-order valence-electron chi connectivity index (χ1n) is 6.34. The number of azo groups is 1. The molecule has 0 aliphatic rings. The van der Waals surface area contributed by atoms with Gasteiger partial charge >= 0.3 is 6.03 Å². The van der Waals surface area contributed by atoms with Crippen molar-refractivity contribution in [1.82, 2.24) is 24.6 Å². The van der Waals surface area contributed by atoms with Crippen LogP contribution in [-0.4, -0.2) is 37.5 Å². The van der Waals surface area contributed by atoms with Crippen LogP contribution >= 0.6 is 11.5 Å². The third kappa shape index (κ3) is 3.18. The van der Waals surface area contributed by atoms with E-state index in [9.17, 15) is 9.90 Å². The molecule has 116 valence electrons. The Morgan fingerprint density at radius 3 is 2.91 bits per heavy atom. The van der Waals surface area contributed by atoms with E-state index in [1.54, 1.807) is 12.4 Å². The fourth-order valence-corrected chi connectivity index (χ4v) is 2.21. The van der Waals surface area contributed by atoms with Crippen LogP contribution in [0.15, 0.2) is 34.8 Å². The topological polar surface area (TPSA) is 138 Å². The zero-order valence-electron chi connectivity index (χ0n) is 11.8. The van der Waals surface area contributed by atoms with Crippen molar-refractivity contribution in [3.8, 4) is 5.75 Å². The molecule has 3 aromatic rings. The monoisotopic (exact) mass is 330 g/mol. The van der Waals surface area contributed by atoms with Crippen molar-refractivity contribution in [2.24, 2.45) is 10.2 Å². The molecule has 3 rings (SSSR count). The number of carbonyl (C=O) groups excluding carboxylic acids is 1. The number of anilines is 1. The quantitative estimate of drug-likeness (QED) is 0.630. The highest BCUT2D eigenvalue weighted by Crippen LogP contribution is 2.30. The third-order valence-corrected chi connectivity index (χ3v) is 3.37. The second-order valence-electron chi connectivity index (χ2n) is 4.16. The standard InChI is InChI=1S/C12H10N8O2S/c1-13-12(22)17-9-6(21)2-3-7(16-9)18-19-11-8-10(20-23-11)15-5-4-14-8/h2-5,21H,1H3,(H2,13,16,17,22)/b19-18+. The Kier molecular flexibility index (Phi) is 4.01. The number of aromatic hydroxyl groups is 1. The molecule has 11 heteroatoms. The lowest BCUT2D eigenvalue weighted by molar-refractivity contribution is 0.253. The highest BCUT2D eigenvalue weighted by atomic mass is 32.1. The van der Waals surface area contributed by atoms with E-state index >= 15 is 0 Å². The molecule has 0 atom stereocenters. The molecular weight excluding hydrogens is 320 g/mol. The molecule has 0 fully saturated rings. The van der Waals surface area contributed by atoms with Crippen molar-refractivity contribution < 1.29 is 9.90 Å². The number of nitrogens with zero attached hydrogens (tertiary/aromatic N) is 6. The maximum absolute atomic E-state index is 11.3. The molecule has 0 saturated heterocycles. The van der Waals surface area contributed by atoms with Crippen molar-refractivity contribution in [1.29, 1.82) is 0 Å². The number of urea groups is 1. The summed E-state index contributed by atoms with van der Waals surface area (Å²) in [4.78, 5) is 23.5. The van der Waals surface area contributed by atoms with E-state index in [0.29, 0.717) is 16.2 Å². The number of hydrogen-bond acceptors (Lipinski definition) is 9. The van der Waals surface area contributed by atoms with E-state index in [1.807, 2.05) is 0 Å². The average molecular weight is 330 g/mol. The number of carbonyl (C=O) groups is 1. The van der Waals surface area contributed by atoms with E-state index in [-0.39, 0.29) is 17.4 Å². The highest BCUT2D eigenvalue weighted by Gasteiger charge is 2.09. The van der Waals surface area contributed by atoms with E-state index in [1.165, 1.54) is 19.2 Å². The van der Waals surface area contributed by atoms with Crippen LogP contribution < -0.4 is 10.6 Å². The second kappa shape index (κ2) is 6.27. The number of nitrogens with one attached hydrogen (secondary N) is 2. The first-order chi connectivity index (χ1) is 11.2. The maximum Gasteiger partial charge on any atom is 0.320 e. The van der Waals surface area contributed by atoms with Gasteiger partial charge in [-0.3, -0.25) is 5.32 Å². The second-order valence-corrected chi connectivity index (χ2v) is 4.91. The lowest BCUT2D eigenvalue weighted by Crippen LogP contribution is -2.24. The van der Waals surface area contributed by atoms with Crippen molar-refractivity contribution in [2.75, 3.05) is 12.4 Å². The fourth-order valence-electron chi connectivity index (χ4n) is 1.60. The summed E-state index contributed by atoms with van der Waals surface area (Å²) in [6.45, 7) is 0. The Morgan fingerprint density at radius 1 is 1.26 bits per heavy atom. The first-order valence-corrected chi connectivity index (χ1v) is 7.11. The molecule has 0 unspecified atom stereocenters. The molecule has 3 N–H and O–H groups in total. The molecule has 0 aliphatic heterocycles. The molecule has 3 aromatic heterocycles. The van der Waals surface area contributed by atoms with Crippen LogP contribution in [0, 0.1) is 0 Å². The van der Waals surface area contributed by atoms with Gasteiger partial charge in [-0.05, 0) is 23.7 Å². The van der Waals surface area contributed by atoms with Crippen molar-refractivity contribution in [2.45, 2.75) is 0 Å². The minimum absolute atomic E-state index is 0.0187. The minimum Gasteiger partial charge on any atom is -0.504 e. The van der Waals surface area contributed by atoms with Gasteiger partial charge in [-0.1, -0.05) is 0 Å². The van der Waals surface area contributed by atoms with Gasteiger partial charge in [-0.15, -0.1) is 10.2 Å². The molecule has 3 heterocycles. The molecule has 0 aliphatic carbocycles. The molecule has 23 heavy (non-hydrogen) atoms. The van der Waals surface area contributed by atoms with Crippen LogP contribution in [0.1, 0.15) is 0 Å². The fraction of sp³-hybridized carbons (Fsp3) is 0.0833. The van der Waals surface area contributed by atoms with Crippen LogP contribution in [0.4, 0.5) is 21.4 Å². The largest absolute Gasteiger partial charge is 0.504 e. The molecular formula is C12H10N8O2S. The Bertz CT molecular complexity index is 894. The summed E-state index contributed by atoms with van der Waals surface area (Å²) in [5.41, 5.74) is 1.04. The molecule has 0 spiro atoms. The number of fused-ring (bicyclic) bond motifs is 1. The number of hydrogen-bond donors (Lipinski definition) is 3. The summed E-state index contributed by atoms with van der Waals surface area (Å²) in [6.07, 6.45) is 3.08. The molecule has 0 aromatic carbocycles. The van der Waals surface area contributed by atoms with Gasteiger partial charge in [-0.2, -0.15) is 4.37 Å². The van der Waals surface area contributed by atoms with Gasteiger partial charge in [0.15, 0.2) is 28.0 Å². The predicted octanol–water partition coefficient (Wildman–Crippen LogP) is 2.35. The van der Waals surface area contributed by atoms with E-state index in [2.05, 4.69) is 40.2 Å². The average Bonchev–Trinajstić information content (AvgIpc) is 2.98. The normalized spacial score (nSPS) is 11.0. The van der Waals surface area contributed by atoms with Gasteiger partial charge in [-0.25, -0.2) is 19.7 Å². The molecule has 2 amide bonds. The van der Waals surface area contributed by atoms with Gasteiger partial charge < -0.3 is 10.4 Å². The van der Waals surface area contributed by atoms with Crippen LogP contribution in [0.3, 0.4) is 0 Å². The Hall–Kier alpha value is -3.21. The zero-order valence-corrected chi connectivity index (χ0v) is 12.6. The predicted molar refractivity (Wildman–Crippen MR) is 83.4 cm³/mol. The summed E-state index contributed by atoms with van der Waals surface area (Å²) in [6, 6.07) is 2.31. The lowest BCUT2D eigenvalue weighted by Gasteiger charge is -2.05. The number of pyridine rings is 1. The number of aromatic nitrogens is 4. The van der Waals surface area contributed by atoms with Gasteiger partial charge in [0.1, 0.15) is 5.52 Å². The summed E-state index contributed by atoms with van der Waals surface area (Å²) < 4.78 is 4.10. The summed E-state index contributed by atoms with van der Waals surface area (Å²) >= 11 is 1.11. The van der Waals surface area contributed by atoms with Crippen LogP contribution in [0.5, 0.6) is 5.75 Å². The Morgan fingerprint density at radius 2 is 2.09 bits per heavy atom. The van der Waals surface area contributed by atoms with Crippen LogP contribution in [0.2, 0.25) is 0 Å². The third-order valence-electron chi connectivity index (χ3n) is 2.66. The van der Waals surface area contributed by atoms with Gasteiger partial charge in [0.2, 0.25) is 0 Å². The van der Waals surface area contributed by atoms with Gasteiger partial charge in [0, 0.05) is 19.4 Å².